The number of carbonyl (C=O) groups excluding carboxylic acids is 1. The van der Waals surface area contributed by atoms with Gasteiger partial charge in [0, 0.05) is 24.3 Å². The van der Waals surface area contributed by atoms with Crippen LogP contribution in [0.1, 0.15) is 48.7 Å². The summed E-state index contributed by atoms with van der Waals surface area (Å²) in [5.41, 5.74) is 7.36. The smallest absolute Gasteiger partial charge is 0.254 e. The summed E-state index contributed by atoms with van der Waals surface area (Å²) in [7, 11) is 4.01. The van der Waals surface area contributed by atoms with Crippen LogP contribution < -0.4 is 5.73 Å². The molecule has 0 atom stereocenters. The highest BCUT2D eigenvalue weighted by Crippen LogP contribution is 2.20. The Kier molecular flexibility index (Phi) is 4.83. The highest BCUT2D eigenvalue weighted by Gasteiger charge is 2.25. The molecule has 0 spiro atoms. The Balaban J connectivity index is 2.15. The maximum atomic E-state index is 12.7. The number of anilines is 1. The van der Waals surface area contributed by atoms with Crippen molar-refractivity contribution in [2.24, 2.45) is 0 Å². The number of amides is 1. The summed E-state index contributed by atoms with van der Waals surface area (Å²) in [4.78, 5) is 21.1. The lowest BCUT2D eigenvalue weighted by Gasteiger charge is -2.35. The average molecular weight is 290 g/mol. The van der Waals surface area contributed by atoms with Gasteiger partial charge in [0.15, 0.2) is 0 Å². The minimum Gasteiger partial charge on any atom is -0.384 e. The number of piperidine rings is 1. The van der Waals surface area contributed by atoms with E-state index in [-0.39, 0.29) is 11.8 Å². The number of pyridine rings is 1. The third-order valence-corrected chi connectivity index (χ3v) is 4.26. The summed E-state index contributed by atoms with van der Waals surface area (Å²) in [5.74, 6) is 0.718. The fourth-order valence-corrected chi connectivity index (χ4v) is 2.74. The molecule has 116 valence electrons. The van der Waals surface area contributed by atoms with E-state index in [1.54, 1.807) is 6.07 Å². The summed E-state index contributed by atoms with van der Waals surface area (Å²) in [6, 6.07) is 3.86. The van der Waals surface area contributed by atoms with E-state index in [1.165, 1.54) is 0 Å². The summed E-state index contributed by atoms with van der Waals surface area (Å²) < 4.78 is 0. The highest BCUT2D eigenvalue weighted by atomic mass is 16.2. The lowest BCUT2D eigenvalue weighted by atomic mass is 10.0. The maximum absolute atomic E-state index is 12.7. The second kappa shape index (κ2) is 6.43. The zero-order valence-corrected chi connectivity index (χ0v) is 13.5. The van der Waals surface area contributed by atoms with Gasteiger partial charge in [-0.3, -0.25) is 4.79 Å². The largest absolute Gasteiger partial charge is 0.384 e. The molecule has 1 saturated heterocycles. The first-order valence-corrected chi connectivity index (χ1v) is 7.61. The Labute approximate surface area is 127 Å². The van der Waals surface area contributed by atoms with Crippen LogP contribution in [0, 0.1) is 0 Å². The van der Waals surface area contributed by atoms with Gasteiger partial charge in [0.05, 0.1) is 0 Å². The first-order valence-electron chi connectivity index (χ1n) is 7.61. The number of nitrogen functional groups attached to an aromatic ring is 1. The molecule has 0 saturated carbocycles. The van der Waals surface area contributed by atoms with E-state index >= 15 is 0 Å². The third-order valence-electron chi connectivity index (χ3n) is 4.26. The number of aromatic nitrogens is 1. The molecule has 0 radical (unpaired) electrons. The predicted octanol–water partition coefficient (Wildman–Crippen LogP) is 1.95. The summed E-state index contributed by atoms with van der Waals surface area (Å²) >= 11 is 0. The highest BCUT2D eigenvalue weighted by molar-refractivity contribution is 5.95. The quantitative estimate of drug-likeness (QED) is 0.924. The first-order chi connectivity index (χ1) is 9.88. The lowest BCUT2D eigenvalue weighted by Crippen LogP contribution is -2.44. The molecule has 0 bridgehead atoms. The van der Waals surface area contributed by atoms with Crippen molar-refractivity contribution in [2.45, 2.75) is 38.6 Å². The van der Waals surface area contributed by atoms with E-state index in [0.29, 0.717) is 17.4 Å². The van der Waals surface area contributed by atoms with Gasteiger partial charge in [-0.2, -0.15) is 0 Å². The minimum absolute atomic E-state index is 0.0422. The molecule has 2 rings (SSSR count). The van der Waals surface area contributed by atoms with Crippen LogP contribution in [-0.2, 0) is 0 Å². The van der Waals surface area contributed by atoms with Gasteiger partial charge in [-0.15, -0.1) is 0 Å². The molecule has 21 heavy (non-hydrogen) atoms. The van der Waals surface area contributed by atoms with E-state index in [1.807, 2.05) is 18.0 Å². The van der Waals surface area contributed by atoms with Gasteiger partial charge in [0.25, 0.3) is 5.91 Å². The van der Waals surface area contributed by atoms with Crippen LogP contribution in [0.25, 0.3) is 0 Å². The molecule has 2 N–H and O–H groups in total. The number of likely N-dealkylation sites (tertiary alicyclic amines) is 1. The van der Waals surface area contributed by atoms with Crippen LogP contribution in [0.4, 0.5) is 5.82 Å². The van der Waals surface area contributed by atoms with Gasteiger partial charge in [-0.25, -0.2) is 4.98 Å². The third kappa shape index (κ3) is 3.73. The van der Waals surface area contributed by atoms with Crippen molar-refractivity contribution >= 4 is 11.7 Å². The fourth-order valence-electron chi connectivity index (χ4n) is 2.74. The molecule has 1 aliphatic rings. The van der Waals surface area contributed by atoms with Crippen LogP contribution in [0.3, 0.4) is 0 Å². The predicted molar refractivity (Wildman–Crippen MR) is 85.4 cm³/mol. The monoisotopic (exact) mass is 290 g/mol. The Hall–Kier alpha value is -1.62. The average Bonchev–Trinajstić information content (AvgIpc) is 2.45. The van der Waals surface area contributed by atoms with Crippen molar-refractivity contribution < 1.29 is 4.79 Å². The topological polar surface area (TPSA) is 62.5 Å². The van der Waals surface area contributed by atoms with Gasteiger partial charge in [0.2, 0.25) is 0 Å². The van der Waals surface area contributed by atoms with E-state index in [9.17, 15) is 4.79 Å². The number of nitrogens with two attached hydrogens (primary N) is 1. The number of carbonyl (C=O) groups is 1. The van der Waals surface area contributed by atoms with Crippen LogP contribution in [0.5, 0.6) is 0 Å². The molecular formula is C16H26N4O. The molecule has 0 aliphatic carbocycles. The molecule has 0 unspecified atom stereocenters. The van der Waals surface area contributed by atoms with Crippen molar-refractivity contribution in [3.63, 3.8) is 0 Å². The lowest BCUT2D eigenvalue weighted by molar-refractivity contribution is 0.0659. The Morgan fingerprint density at radius 2 is 2.00 bits per heavy atom. The van der Waals surface area contributed by atoms with Gasteiger partial charge >= 0.3 is 0 Å². The van der Waals surface area contributed by atoms with Crippen LogP contribution in [0.15, 0.2) is 12.1 Å². The first kappa shape index (κ1) is 15.8. The normalized spacial score (nSPS) is 17.2. The Morgan fingerprint density at radius 3 is 2.57 bits per heavy atom. The van der Waals surface area contributed by atoms with Crippen LogP contribution >= 0.6 is 0 Å². The Morgan fingerprint density at radius 1 is 1.38 bits per heavy atom. The summed E-state index contributed by atoms with van der Waals surface area (Å²) in [6.45, 7) is 6.18. The molecular weight excluding hydrogens is 264 g/mol. The molecule has 1 amide bonds. The van der Waals surface area contributed by atoms with Crippen molar-refractivity contribution in [3.05, 3.63) is 23.4 Å². The minimum atomic E-state index is 0.0422. The second-order valence-corrected chi connectivity index (χ2v) is 6.31. The van der Waals surface area contributed by atoms with E-state index in [4.69, 9.17) is 5.73 Å². The zero-order chi connectivity index (χ0) is 15.6. The molecule has 1 aromatic heterocycles. The van der Waals surface area contributed by atoms with Crippen molar-refractivity contribution in [1.82, 2.24) is 14.8 Å². The van der Waals surface area contributed by atoms with E-state index in [2.05, 4.69) is 30.8 Å². The second-order valence-electron chi connectivity index (χ2n) is 6.31. The molecule has 1 aliphatic heterocycles. The summed E-state index contributed by atoms with van der Waals surface area (Å²) in [5, 5.41) is 0. The molecule has 5 nitrogen and oxygen atoms in total. The van der Waals surface area contributed by atoms with E-state index in [0.717, 1.165) is 31.6 Å². The number of hydrogen-bond donors (Lipinski definition) is 1. The van der Waals surface area contributed by atoms with Crippen molar-refractivity contribution in [1.29, 1.82) is 0 Å². The van der Waals surface area contributed by atoms with Crippen LogP contribution in [-0.4, -0.2) is 53.9 Å². The molecule has 2 heterocycles. The van der Waals surface area contributed by atoms with Crippen LogP contribution in [0.2, 0.25) is 0 Å². The zero-order valence-electron chi connectivity index (χ0n) is 13.5. The van der Waals surface area contributed by atoms with Crippen molar-refractivity contribution in [2.75, 3.05) is 32.9 Å². The van der Waals surface area contributed by atoms with E-state index < -0.39 is 0 Å². The molecule has 1 aromatic rings. The van der Waals surface area contributed by atoms with Gasteiger partial charge in [-0.1, -0.05) is 13.8 Å². The van der Waals surface area contributed by atoms with Gasteiger partial charge in [0.1, 0.15) is 5.82 Å². The Bertz CT molecular complexity index is 507. The molecule has 5 heteroatoms. The maximum Gasteiger partial charge on any atom is 0.254 e. The van der Waals surface area contributed by atoms with Crippen molar-refractivity contribution in [3.8, 4) is 0 Å². The number of rotatable bonds is 3. The SMILES string of the molecule is CC(C)c1cc(C(=O)N(C)C2CCN(C)CC2)cc(N)n1. The number of hydrogen-bond acceptors (Lipinski definition) is 4. The molecule has 0 aromatic carbocycles. The van der Waals surface area contributed by atoms with Gasteiger partial charge in [-0.05, 0) is 51.0 Å². The van der Waals surface area contributed by atoms with Gasteiger partial charge < -0.3 is 15.5 Å². The standard InChI is InChI=1S/C16H26N4O/c1-11(2)14-9-12(10-15(17)18-14)16(21)20(4)13-5-7-19(3)8-6-13/h9-11,13H,5-8H2,1-4H3,(H2,17,18). The fraction of sp³-hybridized carbons (Fsp3) is 0.625. The number of nitrogens with zero attached hydrogens (tertiary/aromatic N) is 3. The summed E-state index contributed by atoms with van der Waals surface area (Å²) in [6.07, 6.45) is 2.05. The molecule has 1 fully saturated rings.